The van der Waals surface area contributed by atoms with E-state index in [0.717, 1.165) is 5.56 Å². The molecule has 0 bridgehead atoms. The number of amides is 2. The number of carbonyl (C=O) groups excluding carboxylic acids is 2. The summed E-state index contributed by atoms with van der Waals surface area (Å²) in [5, 5.41) is 14.9. The number of carboxylic acid groups (broad SMARTS) is 1. The number of hydrazone groups is 1. The summed E-state index contributed by atoms with van der Waals surface area (Å²) in [5.41, 5.74) is 3.64. The van der Waals surface area contributed by atoms with E-state index in [1.807, 2.05) is 0 Å². The molecule has 0 aliphatic carbocycles. The number of rotatable bonds is 6. The lowest BCUT2D eigenvalue weighted by molar-refractivity contribution is -0.139. The molecule has 0 atom stereocenters. The van der Waals surface area contributed by atoms with Crippen LogP contribution < -0.4 is 15.5 Å². The number of benzene rings is 2. The van der Waals surface area contributed by atoms with E-state index in [-0.39, 0.29) is 12.1 Å². The van der Waals surface area contributed by atoms with Gasteiger partial charge in [0, 0.05) is 6.54 Å². The molecule has 2 amide bonds. The van der Waals surface area contributed by atoms with E-state index in [4.69, 9.17) is 9.84 Å². The maximum absolute atomic E-state index is 11.7. The van der Waals surface area contributed by atoms with Crippen molar-refractivity contribution in [3.8, 4) is 5.75 Å². The molecule has 3 N–H and O–H groups in total. The van der Waals surface area contributed by atoms with Gasteiger partial charge in [0.05, 0.1) is 18.9 Å². The van der Waals surface area contributed by atoms with Crippen molar-refractivity contribution in [3.05, 3.63) is 65.2 Å². The summed E-state index contributed by atoms with van der Waals surface area (Å²) in [6.45, 7) is 0.191. The topological polar surface area (TPSA) is 117 Å². The Hall–Kier alpha value is -3.68. The summed E-state index contributed by atoms with van der Waals surface area (Å²) >= 11 is 0. The Morgan fingerprint density at radius 2 is 1.69 bits per heavy atom. The number of nitrogens with one attached hydrogen (secondary N) is 2. The van der Waals surface area contributed by atoms with Crippen molar-refractivity contribution in [2.75, 3.05) is 7.11 Å². The first-order valence-corrected chi connectivity index (χ1v) is 7.57. The number of carboxylic acids is 1. The van der Waals surface area contributed by atoms with Gasteiger partial charge in [-0.2, -0.15) is 5.10 Å². The molecular formula is C18H17N3O5. The Morgan fingerprint density at radius 3 is 2.27 bits per heavy atom. The van der Waals surface area contributed by atoms with Gasteiger partial charge in [0.15, 0.2) is 0 Å². The molecule has 0 fully saturated rings. The SMILES string of the molecule is COc1ccc(CNC(=O)C(=O)N/N=C\c2ccc(C(=O)O)cc2)cc1. The van der Waals surface area contributed by atoms with Crippen LogP contribution in [0.3, 0.4) is 0 Å². The molecule has 8 nitrogen and oxygen atoms in total. The average Bonchev–Trinajstić information content (AvgIpc) is 2.66. The fraction of sp³-hybridized carbons (Fsp3) is 0.111. The van der Waals surface area contributed by atoms with E-state index >= 15 is 0 Å². The quantitative estimate of drug-likeness (QED) is 0.408. The van der Waals surface area contributed by atoms with Crippen LogP contribution in [0.15, 0.2) is 53.6 Å². The summed E-state index contributed by atoms with van der Waals surface area (Å²) in [6, 6.07) is 12.9. The molecule has 2 aromatic rings. The van der Waals surface area contributed by atoms with Crippen LogP contribution in [0, 0.1) is 0 Å². The first kappa shape index (κ1) is 18.7. The molecule has 2 rings (SSSR count). The molecule has 8 heteroatoms. The molecule has 0 aliphatic heterocycles. The molecule has 2 aromatic carbocycles. The highest BCUT2D eigenvalue weighted by Gasteiger charge is 2.11. The molecule has 0 aliphatic rings. The second-order valence-electron chi connectivity index (χ2n) is 5.16. The number of hydrogen-bond acceptors (Lipinski definition) is 5. The summed E-state index contributed by atoms with van der Waals surface area (Å²) in [5.74, 6) is -2.06. The van der Waals surface area contributed by atoms with Crippen LogP contribution in [0.4, 0.5) is 0 Å². The predicted molar refractivity (Wildman–Crippen MR) is 94.0 cm³/mol. The van der Waals surface area contributed by atoms with E-state index in [0.29, 0.717) is 11.3 Å². The number of nitrogens with zero attached hydrogens (tertiary/aromatic N) is 1. The van der Waals surface area contributed by atoms with Gasteiger partial charge in [-0.25, -0.2) is 10.2 Å². The number of hydrogen-bond donors (Lipinski definition) is 3. The molecule has 26 heavy (non-hydrogen) atoms. The zero-order chi connectivity index (χ0) is 18.9. The van der Waals surface area contributed by atoms with Crippen LogP contribution in [0.25, 0.3) is 0 Å². The Balaban J connectivity index is 1.80. The molecule has 0 heterocycles. The minimum atomic E-state index is -1.03. The van der Waals surface area contributed by atoms with Crippen molar-refractivity contribution in [1.82, 2.24) is 10.7 Å². The van der Waals surface area contributed by atoms with Crippen LogP contribution in [0.5, 0.6) is 5.75 Å². The molecule has 0 unspecified atom stereocenters. The lowest BCUT2D eigenvalue weighted by Crippen LogP contribution is -2.37. The fourth-order valence-electron chi connectivity index (χ4n) is 1.93. The van der Waals surface area contributed by atoms with E-state index in [1.165, 1.54) is 30.5 Å². The van der Waals surface area contributed by atoms with Gasteiger partial charge in [-0.05, 0) is 35.4 Å². The van der Waals surface area contributed by atoms with Gasteiger partial charge in [0.2, 0.25) is 0 Å². The van der Waals surface area contributed by atoms with Gasteiger partial charge in [-0.1, -0.05) is 24.3 Å². The highest BCUT2D eigenvalue weighted by atomic mass is 16.5. The lowest BCUT2D eigenvalue weighted by Gasteiger charge is -2.05. The van der Waals surface area contributed by atoms with Crippen molar-refractivity contribution in [3.63, 3.8) is 0 Å². The van der Waals surface area contributed by atoms with Crippen LogP contribution >= 0.6 is 0 Å². The minimum Gasteiger partial charge on any atom is -0.497 e. The normalized spacial score (nSPS) is 10.3. The van der Waals surface area contributed by atoms with Crippen molar-refractivity contribution in [2.45, 2.75) is 6.54 Å². The zero-order valence-electron chi connectivity index (χ0n) is 13.9. The van der Waals surface area contributed by atoms with Crippen LogP contribution in [0.1, 0.15) is 21.5 Å². The third kappa shape index (κ3) is 5.45. The van der Waals surface area contributed by atoms with Crippen molar-refractivity contribution >= 4 is 24.0 Å². The summed E-state index contributed by atoms with van der Waals surface area (Å²) in [4.78, 5) is 34.1. The predicted octanol–water partition coefficient (Wildman–Crippen LogP) is 1.16. The fourth-order valence-corrected chi connectivity index (χ4v) is 1.93. The van der Waals surface area contributed by atoms with Crippen molar-refractivity contribution in [1.29, 1.82) is 0 Å². The van der Waals surface area contributed by atoms with Crippen molar-refractivity contribution < 1.29 is 24.2 Å². The molecular weight excluding hydrogens is 338 g/mol. The molecule has 134 valence electrons. The van der Waals surface area contributed by atoms with Crippen LogP contribution in [-0.2, 0) is 16.1 Å². The van der Waals surface area contributed by atoms with Gasteiger partial charge >= 0.3 is 17.8 Å². The third-order valence-corrected chi connectivity index (χ3v) is 3.36. The largest absolute Gasteiger partial charge is 0.497 e. The Morgan fingerprint density at radius 1 is 1.04 bits per heavy atom. The molecule has 0 saturated carbocycles. The second kappa shape index (κ2) is 8.97. The van der Waals surface area contributed by atoms with E-state index < -0.39 is 17.8 Å². The van der Waals surface area contributed by atoms with Gasteiger partial charge in [0.1, 0.15) is 5.75 Å². The number of ether oxygens (including phenoxy) is 1. The Labute approximate surface area is 149 Å². The van der Waals surface area contributed by atoms with Gasteiger partial charge < -0.3 is 15.2 Å². The molecule has 0 saturated heterocycles. The monoisotopic (exact) mass is 355 g/mol. The highest BCUT2D eigenvalue weighted by Crippen LogP contribution is 2.10. The van der Waals surface area contributed by atoms with Gasteiger partial charge in [-0.3, -0.25) is 9.59 Å². The summed E-state index contributed by atoms with van der Waals surface area (Å²) in [7, 11) is 1.56. The number of aromatic carboxylic acids is 1. The third-order valence-electron chi connectivity index (χ3n) is 3.36. The number of methoxy groups -OCH3 is 1. The van der Waals surface area contributed by atoms with Crippen molar-refractivity contribution in [2.24, 2.45) is 5.10 Å². The second-order valence-corrected chi connectivity index (χ2v) is 5.16. The maximum Gasteiger partial charge on any atom is 0.335 e. The van der Waals surface area contributed by atoms with E-state index in [9.17, 15) is 14.4 Å². The zero-order valence-corrected chi connectivity index (χ0v) is 13.9. The van der Waals surface area contributed by atoms with Crippen LogP contribution in [0.2, 0.25) is 0 Å². The average molecular weight is 355 g/mol. The maximum atomic E-state index is 11.7. The highest BCUT2D eigenvalue weighted by molar-refractivity contribution is 6.35. The number of carbonyl (C=O) groups is 3. The Kier molecular flexibility index (Phi) is 6.44. The Bertz CT molecular complexity index is 814. The summed E-state index contributed by atoms with van der Waals surface area (Å²) < 4.78 is 5.04. The lowest BCUT2D eigenvalue weighted by atomic mass is 10.1. The van der Waals surface area contributed by atoms with Crippen LogP contribution in [-0.4, -0.2) is 36.2 Å². The first-order valence-electron chi connectivity index (χ1n) is 7.57. The van der Waals surface area contributed by atoms with Gasteiger partial charge in [-0.15, -0.1) is 0 Å². The standard InChI is InChI=1S/C18H17N3O5/c1-26-15-8-4-12(5-9-15)10-19-16(22)17(23)21-20-11-13-2-6-14(7-3-13)18(24)25/h2-9,11H,10H2,1H3,(H,19,22)(H,21,23)(H,24,25)/b20-11-. The van der Waals surface area contributed by atoms with Gasteiger partial charge in [0.25, 0.3) is 0 Å². The minimum absolute atomic E-state index is 0.143. The summed E-state index contributed by atoms with van der Waals surface area (Å²) in [6.07, 6.45) is 1.31. The molecule has 0 spiro atoms. The van der Waals surface area contributed by atoms with E-state index in [2.05, 4.69) is 15.8 Å². The smallest absolute Gasteiger partial charge is 0.335 e. The molecule has 0 radical (unpaired) electrons. The molecule has 0 aromatic heterocycles. The first-order chi connectivity index (χ1) is 12.5. The van der Waals surface area contributed by atoms with E-state index in [1.54, 1.807) is 31.4 Å².